The lowest BCUT2D eigenvalue weighted by Crippen LogP contribution is -2.46. The molecule has 4 aliphatic rings. The summed E-state index contributed by atoms with van der Waals surface area (Å²) in [5, 5.41) is 5.72. The minimum Gasteiger partial charge on any atom is -0.370 e. The summed E-state index contributed by atoms with van der Waals surface area (Å²) in [5.41, 5.74) is 9.74. The van der Waals surface area contributed by atoms with E-state index in [0.29, 0.717) is 21.8 Å². The van der Waals surface area contributed by atoms with Crippen molar-refractivity contribution in [2.24, 2.45) is 5.92 Å². The number of rotatable bonds is 6. The molecule has 0 radical (unpaired) electrons. The van der Waals surface area contributed by atoms with E-state index in [1.54, 1.807) is 0 Å². The van der Waals surface area contributed by atoms with E-state index in [1.165, 1.54) is 37.9 Å². The maximum absolute atomic E-state index is 14.9. The number of hydrogen-bond donors (Lipinski definition) is 2. The quantitative estimate of drug-likeness (QED) is 0.182. The normalized spacial score (nSPS) is 20.8. The zero-order valence-electron chi connectivity index (χ0n) is 30.1. The van der Waals surface area contributed by atoms with Gasteiger partial charge in [0.05, 0.1) is 23.1 Å². The number of halogens is 2. The van der Waals surface area contributed by atoms with Crippen molar-refractivity contribution < 1.29 is 4.79 Å². The summed E-state index contributed by atoms with van der Waals surface area (Å²) < 4.78 is 0. The number of allylic oxidation sites excluding steroid dienone is 2. The monoisotopic (exact) mass is 741 g/mol. The molecule has 2 N–H and O–H groups in total. The Morgan fingerprint density at radius 3 is 2.34 bits per heavy atom. The van der Waals surface area contributed by atoms with E-state index in [1.807, 2.05) is 30.3 Å². The van der Waals surface area contributed by atoms with Crippen molar-refractivity contribution in [2.75, 3.05) is 36.4 Å². The second kappa shape index (κ2) is 14.4. The number of fused-ring (bicyclic) bond motifs is 2. The van der Waals surface area contributed by atoms with Gasteiger partial charge in [0, 0.05) is 51.8 Å². The molecule has 0 spiro atoms. The standard InChI is InChI=1S/C45H45Cl2N5O/c1-29-11-10-24-52-43(31-16-18-32(46)19-17-31)35-27-33(47)28-37-40(35)41(44(52)39(29)30-12-4-2-5-13-30)42(48-37)45(53)49-36-14-6-7-15-38(36)51-25-20-34(21-26-51)50-22-8-3-9-23-50/h2,4-7,10,12-19,24,27-29,34,43,48H,3,8-9,11,20-23,25-26H2,1H3,(H,49,53). The minimum atomic E-state index is -0.184. The van der Waals surface area contributed by atoms with Gasteiger partial charge in [-0.25, -0.2) is 0 Å². The van der Waals surface area contributed by atoms with Crippen LogP contribution in [-0.4, -0.2) is 52.9 Å². The average Bonchev–Trinajstić information content (AvgIpc) is 3.48. The largest absolute Gasteiger partial charge is 0.370 e. The van der Waals surface area contributed by atoms with E-state index in [9.17, 15) is 4.79 Å². The summed E-state index contributed by atoms with van der Waals surface area (Å²) in [4.78, 5) is 26.0. The number of carbonyl (C=O) groups excluding carboxylic acids is 1. The number of likely N-dealkylation sites (tertiary alicyclic amines) is 1. The lowest BCUT2D eigenvalue weighted by atomic mass is 9.82. The molecule has 4 aromatic carbocycles. The number of para-hydroxylation sites is 2. The number of nitrogens with one attached hydrogen (secondary N) is 2. The number of carbonyl (C=O) groups is 1. The van der Waals surface area contributed by atoms with Gasteiger partial charge in [-0.15, -0.1) is 0 Å². The van der Waals surface area contributed by atoms with Crippen molar-refractivity contribution >= 4 is 62.7 Å². The molecular weight excluding hydrogens is 697 g/mol. The van der Waals surface area contributed by atoms with Gasteiger partial charge in [0.25, 0.3) is 5.91 Å². The van der Waals surface area contributed by atoms with Crippen LogP contribution in [0.25, 0.3) is 22.2 Å². The van der Waals surface area contributed by atoms with Crippen molar-refractivity contribution in [3.63, 3.8) is 0 Å². The average molecular weight is 743 g/mol. The molecule has 2 unspecified atom stereocenters. The third kappa shape index (κ3) is 6.35. The van der Waals surface area contributed by atoms with E-state index < -0.39 is 0 Å². The summed E-state index contributed by atoms with van der Waals surface area (Å²) in [6, 6.07) is 31.5. The predicted molar refractivity (Wildman–Crippen MR) is 220 cm³/mol. The molecule has 5 heterocycles. The number of H-pyrrole nitrogens is 1. The number of piperidine rings is 2. The summed E-state index contributed by atoms with van der Waals surface area (Å²) in [6.07, 6.45) is 11.6. The van der Waals surface area contributed by atoms with Crippen molar-refractivity contribution in [3.05, 3.63) is 141 Å². The lowest BCUT2D eigenvalue weighted by Gasteiger charge is -2.41. The molecule has 53 heavy (non-hydrogen) atoms. The maximum atomic E-state index is 14.9. The summed E-state index contributed by atoms with van der Waals surface area (Å²) in [5.74, 6) is 0.0300. The van der Waals surface area contributed by atoms with Crippen LogP contribution >= 0.6 is 23.2 Å². The number of amides is 1. The molecule has 4 aliphatic heterocycles. The first-order valence-electron chi connectivity index (χ1n) is 19.2. The Morgan fingerprint density at radius 2 is 1.57 bits per heavy atom. The number of aromatic amines is 1. The maximum Gasteiger partial charge on any atom is 0.272 e. The fraction of sp³-hybridized carbons (Fsp3) is 0.311. The van der Waals surface area contributed by atoms with E-state index in [2.05, 4.69) is 105 Å². The van der Waals surface area contributed by atoms with Crippen molar-refractivity contribution in [2.45, 2.75) is 57.5 Å². The van der Waals surface area contributed by atoms with Gasteiger partial charge < -0.3 is 25.0 Å². The van der Waals surface area contributed by atoms with Crippen LogP contribution in [0.1, 0.15) is 84.2 Å². The molecule has 1 aromatic heterocycles. The fourth-order valence-electron chi connectivity index (χ4n) is 9.34. The van der Waals surface area contributed by atoms with Crippen LogP contribution in [0.15, 0.2) is 103 Å². The number of aromatic nitrogens is 1. The Hall–Kier alpha value is -4.49. The molecule has 1 amide bonds. The Balaban J connectivity index is 1.16. The van der Waals surface area contributed by atoms with Crippen molar-refractivity contribution in [3.8, 4) is 0 Å². The van der Waals surface area contributed by atoms with E-state index in [-0.39, 0.29) is 17.9 Å². The van der Waals surface area contributed by atoms with Crippen LogP contribution in [0.5, 0.6) is 0 Å². The topological polar surface area (TPSA) is 54.6 Å². The molecule has 6 nitrogen and oxygen atoms in total. The molecule has 0 aliphatic carbocycles. The summed E-state index contributed by atoms with van der Waals surface area (Å²) >= 11 is 13.3. The lowest BCUT2D eigenvalue weighted by molar-refractivity contribution is 0.102. The smallest absolute Gasteiger partial charge is 0.272 e. The fourth-order valence-corrected chi connectivity index (χ4v) is 9.69. The van der Waals surface area contributed by atoms with Gasteiger partial charge in [-0.2, -0.15) is 0 Å². The highest BCUT2D eigenvalue weighted by Gasteiger charge is 2.40. The molecule has 2 atom stereocenters. The van der Waals surface area contributed by atoms with E-state index in [4.69, 9.17) is 23.2 Å². The van der Waals surface area contributed by atoms with Gasteiger partial charge in [0.1, 0.15) is 5.69 Å². The molecule has 8 heteroatoms. The van der Waals surface area contributed by atoms with Crippen molar-refractivity contribution in [1.82, 2.24) is 14.8 Å². The second-order valence-electron chi connectivity index (χ2n) is 15.1. The van der Waals surface area contributed by atoms with Crippen molar-refractivity contribution in [1.29, 1.82) is 0 Å². The highest BCUT2D eigenvalue weighted by Crippen LogP contribution is 2.53. The molecule has 5 aromatic rings. The SMILES string of the molecule is CC1CC=CN2C(=C1c1ccccc1)c1c(C(=O)Nc3ccccc3N3CCC(N4CCCCC4)CC3)[nH]c3cc(Cl)cc(c13)C2c1ccc(Cl)cc1. The Morgan fingerprint density at radius 1 is 0.830 bits per heavy atom. The molecule has 2 saturated heterocycles. The molecular formula is C45H45Cl2N5O. The number of benzene rings is 4. The Bertz CT molecular complexity index is 2210. The first kappa shape index (κ1) is 34.3. The van der Waals surface area contributed by atoms with Gasteiger partial charge in [0.2, 0.25) is 0 Å². The molecule has 270 valence electrons. The van der Waals surface area contributed by atoms with E-state index in [0.717, 1.165) is 82.6 Å². The number of nitrogens with zero attached hydrogens (tertiary/aromatic N) is 3. The third-order valence-corrected chi connectivity index (χ3v) is 12.3. The number of hydrogen-bond acceptors (Lipinski definition) is 4. The van der Waals surface area contributed by atoms with Gasteiger partial charge >= 0.3 is 0 Å². The summed E-state index contributed by atoms with van der Waals surface area (Å²) in [6.45, 7) is 6.70. The van der Waals surface area contributed by atoms with Crippen LogP contribution in [0.2, 0.25) is 10.0 Å². The van der Waals surface area contributed by atoms with Crippen LogP contribution in [0.4, 0.5) is 11.4 Å². The highest BCUT2D eigenvalue weighted by molar-refractivity contribution is 6.32. The minimum absolute atomic E-state index is 0.167. The second-order valence-corrected chi connectivity index (χ2v) is 16.0. The van der Waals surface area contributed by atoms with Crippen LogP contribution in [-0.2, 0) is 0 Å². The van der Waals surface area contributed by atoms with Gasteiger partial charge in [-0.1, -0.05) is 97.2 Å². The first-order valence-corrected chi connectivity index (χ1v) is 19.9. The molecule has 0 bridgehead atoms. The summed E-state index contributed by atoms with van der Waals surface area (Å²) in [7, 11) is 0. The van der Waals surface area contributed by atoms with Crippen LogP contribution in [0, 0.1) is 5.92 Å². The molecule has 2 fully saturated rings. The number of anilines is 2. The Labute approximate surface area is 322 Å². The van der Waals surface area contributed by atoms with Crippen LogP contribution < -0.4 is 10.2 Å². The zero-order chi connectivity index (χ0) is 36.1. The predicted octanol–water partition coefficient (Wildman–Crippen LogP) is 11.0. The Kier molecular flexibility index (Phi) is 9.31. The molecule has 0 saturated carbocycles. The highest BCUT2D eigenvalue weighted by atomic mass is 35.5. The third-order valence-electron chi connectivity index (χ3n) is 11.8. The zero-order valence-corrected chi connectivity index (χ0v) is 31.6. The van der Waals surface area contributed by atoms with E-state index >= 15 is 0 Å². The van der Waals surface area contributed by atoms with Gasteiger partial charge in [0.15, 0.2) is 0 Å². The van der Waals surface area contributed by atoms with Gasteiger partial charge in [-0.05, 0) is 110 Å². The van der Waals surface area contributed by atoms with Gasteiger partial charge in [-0.3, -0.25) is 4.79 Å². The van der Waals surface area contributed by atoms with Crippen LogP contribution in [0.3, 0.4) is 0 Å². The molecule has 9 rings (SSSR count). The first-order chi connectivity index (χ1) is 25.9.